The van der Waals surface area contributed by atoms with Gasteiger partial charge in [-0.3, -0.25) is 4.57 Å². The Morgan fingerprint density at radius 3 is 2.08 bits per heavy atom. The normalized spacial score (nSPS) is 14.8. The smallest absolute Gasteiger partial charge is 0.330 e. The molecule has 0 radical (unpaired) electrons. The van der Waals surface area contributed by atoms with Crippen LogP contribution in [-0.2, 0) is 23.1 Å². The van der Waals surface area contributed by atoms with Crippen LogP contribution >= 0.6 is 7.60 Å². The van der Waals surface area contributed by atoms with Gasteiger partial charge in [0.15, 0.2) is 0 Å². The zero-order valence-electron chi connectivity index (χ0n) is 16.5. The number of unbranched alkanes of at least 4 members (excludes halogenated alkanes) is 2. The molecule has 0 N–H and O–H groups in total. The van der Waals surface area contributed by atoms with Crippen molar-refractivity contribution in [2.24, 2.45) is 0 Å². The fourth-order valence-corrected chi connectivity index (χ4v) is 10.6. The predicted octanol–water partition coefficient (Wildman–Crippen LogP) is 5.18. The van der Waals surface area contributed by atoms with Crippen LogP contribution < -0.4 is 0 Å². The zero-order valence-corrected chi connectivity index (χ0v) is 18.4. The topological polar surface area (TPSA) is 61.8 Å². The van der Waals surface area contributed by atoms with E-state index < -0.39 is 15.7 Å². The first-order chi connectivity index (χ1) is 11.0. The van der Waals surface area contributed by atoms with E-state index in [1.165, 1.54) is 27.4 Å². The number of carbonyl (C=O) groups is 1. The number of allylic oxidation sites excluding steroid dienone is 1. The second-order valence-electron chi connectivity index (χ2n) is 7.60. The van der Waals surface area contributed by atoms with E-state index in [1.807, 2.05) is 6.08 Å². The highest BCUT2D eigenvalue weighted by atomic mass is 31.2. The highest BCUT2D eigenvalue weighted by Gasteiger charge is 2.51. The highest BCUT2D eigenvalue weighted by Crippen LogP contribution is 2.60. The van der Waals surface area contributed by atoms with E-state index in [-0.39, 0.29) is 16.3 Å². The summed E-state index contributed by atoms with van der Waals surface area (Å²) in [6, 6.07) is 0. The molecule has 0 aliphatic heterocycles. The summed E-state index contributed by atoms with van der Waals surface area (Å²) in [5.41, 5.74) is 0. The molecule has 0 rings (SSSR count). The summed E-state index contributed by atoms with van der Waals surface area (Å²) in [4.78, 5) is 11.0. The molecule has 0 aromatic carbocycles. The number of hydrogen-bond acceptors (Lipinski definition) is 5. The van der Waals surface area contributed by atoms with Crippen molar-refractivity contribution in [3.8, 4) is 0 Å². The van der Waals surface area contributed by atoms with Gasteiger partial charge in [-0.25, -0.2) is 4.79 Å². The minimum absolute atomic E-state index is 0.0513. The first kappa shape index (κ1) is 23.6. The molecule has 0 heterocycles. The minimum atomic E-state index is -3.12. The standard InChI is InChI=1S/C17H35O5PSi/c1-17(2,3)24(7,8)16(23(19,21-5)22-6)14-12-10-9-11-13-15(18)20-4/h11,13,16H,9-10,12,14H2,1-8H3/b13-11+. The molecule has 0 aromatic heterocycles. The lowest BCUT2D eigenvalue weighted by molar-refractivity contribution is -0.134. The molecule has 142 valence electrons. The van der Waals surface area contributed by atoms with Crippen LogP contribution in [0.2, 0.25) is 18.1 Å². The summed E-state index contributed by atoms with van der Waals surface area (Å²) in [6.45, 7) is 11.2. The summed E-state index contributed by atoms with van der Waals surface area (Å²) in [5.74, 6) is -0.336. The van der Waals surface area contributed by atoms with Crippen molar-refractivity contribution in [1.82, 2.24) is 0 Å². The van der Waals surface area contributed by atoms with Gasteiger partial charge in [0, 0.05) is 20.3 Å². The summed E-state index contributed by atoms with van der Waals surface area (Å²) >= 11 is 0. The van der Waals surface area contributed by atoms with Crippen molar-refractivity contribution in [1.29, 1.82) is 0 Å². The lowest BCUT2D eigenvalue weighted by Gasteiger charge is -2.44. The highest BCUT2D eigenvalue weighted by molar-refractivity contribution is 7.58. The minimum Gasteiger partial charge on any atom is -0.466 e. The Balaban J connectivity index is 4.97. The Morgan fingerprint density at radius 1 is 1.12 bits per heavy atom. The van der Waals surface area contributed by atoms with E-state index in [9.17, 15) is 9.36 Å². The maximum Gasteiger partial charge on any atom is 0.330 e. The third-order valence-electron chi connectivity index (χ3n) is 5.21. The molecule has 0 aliphatic rings. The third-order valence-corrected chi connectivity index (χ3v) is 16.0. The molecule has 1 unspecified atom stereocenters. The Morgan fingerprint density at radius 2 is 1.67 bits per heavy atom. The number of methoxy groups -OCH3 is 1. The van der Waals surface area contributed by atoms with Crippen LogP contribution in [0.1, 0.15) is 46.5 Å². The van der Waals surface area contributed by atoms with Crippen molar-refractivity contribution in [2.75, 3.05) is 21.3 Å². The SMILES string of the molecule is COC(=O)/C=C/CCCCC([Si](C)(C)C(C)(C)C)P(=O)(OC)OC. The molecule has 1 atom stereocenters. The van der Waals surface area contributed by atoms with Crippen LogP contribution in [0.15, 0.2) is 12.2 Å². The second-order valence-corrected chi connectivity index (χ2v) is 16.2. The van der Waals surface area contributed by atoms with E-state index >= 15 is 0 Å². The van der Waals surface area contributed by atoms with E-state index in [1.54, 1.807) is 0 Å². The molecule has 0 aromatic rings. The molecule has 0 spiro atoms. The largest absolute Gasteiger partial charge is 0.466 e. The van der Waals surface area contributed by atoms with Gasteiger partial charge < -0.3 is 13.8 Å². The van der Waals surface area contributed by atoms with Crippen molar-refractivity contribution in [3.63, 3.8) is 0 Å². The maximum atomic E-state index is 13.1. The summed E-state index contributed by atoms with van der Waals surface area (Å²) < 4.78 is 28.4. The van der Waals surface area contributed by atoms with E-state index in [0.29, 0.717) is 0 Å². The number of ether oxygens (including phenoxy) is 1. The molecule has 5 nitrogen and oxygen atoms in total. The average Bonchev–Trinajstić information content (AvgIpc) is 2.51. The van der Waals surface area contributed by atoms with Gasteiger partial charge in [0.05, 0.1) is 20.5 Å². The predicted molar refractivity (Wildman–Crippen MR) is 102 cm³/mol. The number of carbonyl (C=O) groups excluding carboxylic acids is 1. The molecule has 0 saturated carbocycles. The summed E-state index contributed by atoms with van der Waals surface area (Å²) in [7, 11) is -0.709. The van der Waals surface area contributed by atoms with E-state index in [2.05, 4.69) is 38.6 Å². The monoisotopic (exact) mass is 378 g/mol. The molecule has 0 amide bonds. The Hall–Kier alpha value is -0.423. The van der Waals surface area contributed by atoms with Gasteiger partial charge in [-0.1, -0.05) is 46.4 Å². The van der Waals surface area contributed by atoms with Crippen molar-refractivity contribution < 1.29 is 23.1 Å². The van der Waals surface area contributed by atoms with Gasteiger partial charge >= 0.3 is 13.6 Å². The van der Waals surface area contributed by atoms with Gasteiger partial charge in [-0.15, -0.1) is 0 Å². The Labute approximate surface area is 148 Å². The van der Waals surface area contributed by atoms with Crippen LogP contribution in [0, 0.1) is 0 Å². The maximum absolute atomic E-state index is 13.1. The number of hydrogen-bond donors (Lipinski definition) is 0. The lowest BCUT2D eigenvalue weighted by atomic mass is 10.2. The molecule has 7 heteroatoms. The van der Waals surface area contributed by atoms with Gasteiger partial charge in [0.25, 0.3) is 0 Å². The Kier molecular flexibility index (Phi) is 9.73. The molecule has 0 aliphatic carbocycles. The third kappa shape index (κ3) is 6.47. The fraction of sp³-hybridized carbons (Fsp3) is 0.824. The van der Waals surface area contributed by atoms with Crippen LogP contribution in [-0.4, -0.2) is 40.7 Å². The first-order valence-corrected chi connectivity index (χ1v) is 13.1. The van der Waals surface area contributed by atoms with Gasteiger partial charge in [-0.05, 0) is 24.3 Å². The van der Waals surface area contributed by atoms with Crippen LogP contribution in [0.25, 0.3) is 0 Å². The van der Waals surface area contributed by atoms with Crippen LogP contribution in [0.4, 0.5) is 0 Å². The average molecular weight is 379 g/mol. The summed E-state index contributed by atoms with van der Waals surface area (Å²) in [5, 5.41) is 0.0411. The van der Waals surface area contributed by atoms with Gasteiger partial charge in [-0.2, -0.15) is 0 Å². The molecule has 24 heavy (non-hydrogen) atoms. The lowest BCUT2D eigenvalue weighted by Crippen LogP contribution is -2.49. The van der Waals surface area contributed by atoms with E-state index in [4.69, 9.17) is 9.05 Å². The molecule has 0 saturated heterocycles. The van der Waals surface area contributed by atoms with Gasteiger partial charge in [0.1, 0.15) is 0 Å². The molecular formula is C17H35O5PSi. The van der Waals surface area contributed by atoms with E-state index in [0.717, 1.165) is 25.7 Å². The van der Waals surface area contributed by atoms with Crippen molar-refractivity contribution >= 4 is 21.6 Å². The number of esters is 1. The first-order valence-electron chi connectivity index (χ1n) is 8.42. The zero-order chi connectivity index (χ0) is 19.0. The van der Waals surface area contributed by atoms with Crippen molar-refractivity contribution in [2.45, 2.75) is 69.9 Å². The molecular weight excluding hydrogens is 343 g/mol. The van der Waals surface area contributed by atoms with Crippen LogP contribution in [0.5, 0.6) is 0 Å². The van der Waals surface area contributed by atoms with Crippen molar-refractivity contribution in [3.05, 3.63) is 12.2 Å². The quantitative estimate of drug-likeness (QED) is 0.172. The summed E-state index contributed by atoms with van der Waals surface area (Å²) in [6.07, 6.45) is 6.70. The number of rotatable bonds is 10. The second kappa shape index (κ2) is 9.90. The molecule has 0 bridgehead atoms. The Bertz CT molecular complexity index is 460. The van der Waals surface area contributed by atoms with Gasteiger partial charge in [0.2, 0.25) is 0 Å². The van der Waals surface area contributed by atoms with Crippen LogP contribution in [0.3, 0.4) is 0 Å². The fourth-order valence-electron chi connectivity index (χ4n) is 2.59. The molecule has 0 fully saturated rings.